The van der Waals surface area contributed by atoms with Crippen LogP contribution in [0.5, 0.6) is 0 Å². The van der Waals surface area contributed by atoms with Gasteiger partial charge in [0.05, 0.1) is 29.7 Å². The molecule has 0 radical (unpaired) electrons. The molecular weight excluding hydrogens is 294 g/mol. The average Bonchev–Trinajstić information content (AvgIpc) is 2.49. The third-order valence-electron chi connectivity index (χ3n) is 3.14. The van der Waals surface area contributed by atoms with Crippen LogP contribution in [0.15, 0.2) is 18.2 Å². The van der Waals surface area contributed by atoms with Gasteiger partial charge < -0.3 is 20.7 Å². The number of amides is 2. The van der Waals surface area contributed by atoms with Gasteiger partial charge in [-0.05, 0) is 18.2 Å². The number of benzene rings is 1. The van der Waals surface area contributed by atoms with Crippen LogP contribution in [-0.4, -0.2) is 44.7 Å². The summed E-state index contributed by atoms with van der Waals surface area (Å²) in [6.45, 7) is 2.09. The van der Waals surface area contributed by atoms with Crippen LogP contribution in [0.25, 0.3) is 0 Å². The first-order valence-corrected chi connectivity index (χ1v) is 7.11. The number of carbonyl (C=O) groups excluding carboxylic acids is 2. The van der Waals surface area contributed by atoms with E-state index in [0.29, 0.717) is 29.4 Å². The monoisotopic (exact) mass is 311 g/mol. The van der Waals surface area contributed by atoms with Crippen LogP contribution >= 0.6 is 11.6 Å². The van der Waals surface area contributed by atoms with Gasteiger partial charge in [-0.15, -0.1) is 0 Å². The first kappa shape index (κ1) is 15.8. The second kappa shape index (κ2) is 7.40. The van der Waals surface area contributed by atoms with E-state index in [9.17, 15) is 9.59 Å². The van der Waals surface area contributed by atoms with Crippen LogP contribution in [0.3, 0.4) is 0 Å². The maximum Gasteiger partial charge on any atom is 0.252 e. The quantitative estimate of drug-likeness (QED) is 0.775. The first-order chi connectivity index (χ1) is 10.1. The first-order valence-electron chi connectivity index (χ1n) is 6.74. The molecule has 1 unspecified atom stereocenters. The highest BCUT2D eigenvalue weighted by Crippen LogP contribution is 2.21. The summed E-state index contributed by atoms with van der Waals surface area (Å²) in [4.78, 5) is 23.6. The number of rotatable bonds is 4. The summed E-state index contributed by atoms with van der Waals surface area (Å²) in [6.07, 6.45) is 0.148. The Morgan fingerprint density at radius 3 is 2.95 bits per heavy atom. The molecule has 0 aromatic heterocycles. The Bertz CT molecular complexity index is 530. The molecule has 3 N–H and O–H groups in total. The van der Waals surface area contributed by atoms with Gasteiger partial charge in [0.2, 0.25) is 5.91 Å². The number of hydrogen-bond donors (Lipinski definition) is 3. The van der Waals surface area contributed by atoms with Gasteiger partial charge in [-0.3, -0.25) is 9.59 Å². The van der Waals surface area contributed by atoms with E-state index >= 15 is 0 Å². The number of nitrogens with one attached hydrogen (secondary N) is 3. The largest absolute Gasteiger partial charge is 0.375 e. The van der Waals surface area contributed by atoms with Crippen molar-refractivity contribution in [1.29, 1.82) is 0 Å². The lowest BCUT2D eigenvalue weighted by Crippen LogP contribution is -2.40. The molecule has 1 aliphatic rings. The van der Waals surface area contributed by atoms with Crippen LogP contribution in [0.1, 0.15) is 16.8 Å². The van der Waals surface area contributed by atoms with Gasteiger partial charge in [0.1, 0.15) is 0 Å². The zero-order valence-corrected chi connectivity index (χ0v) is 12.5. The smallest absolute Gasteiger partial charge is 0.252 e. The van der Waals surface area contributed by atoms with Gasteiger partial charge in [-0.25, -0.2) is 0 Å². The number of ether oxygens (including phenoxy) is 1. The fraction of sp³-hybridized carbons (Fsp3) is 0.429. The summed E-state index contributed by atoms with van der Waals surface area (Å²) >= 11 is 5.96. The summed E-state index contributed by atoms with van der Waals surface area (Å²) in [5.41, 5.74) is 0.860. The Balaban J connectivity index is 1.98. The predicted octanol–water partition coefficient (Wildman–Crippen LogP) is 1.02. The van der Waals surface area contributed by atoms with Crippen molar-refractivity contribution in [2.45, 2.75) is 12.5 Å². The highest BCUT2D eigenvalue weighted by molar-refractivity contribution is 6.34. The van der Waals surface area contributed by atoms with E-state index < -0.39 is 0 Å². The minimum Gasteiger partial charge on any atom is -0.375 e. The molecule has 1 atom stereocenters. The predicted molar refractivity (Wildman–Crippen MR) is 80.7 cm³/mol. The highest BCUT2D eigenvalue weighted by atomic mass is 35.5. The summed E-state index contributed by atoms with van der Waals surface area (Å²) in [6, 6.07) is 4.80. The van der Waals surface area contributed by atoms with Crippen molar-refractivity contribution in [3.05, 3.63) is 28.8 Å². The molecule has 7 heteroatoms. The van der Waals surface area contributed by atoms with Crippen LogP contribution in [0.4, 0.5) is 5.69 Å². The molecule has 1 fully saturated rings. The van der Waals surface area contributed by atoms with Gasteiger partial charge in [0, 0.05) is 25.8 Å². The third-order valence-corrected chi connectivity index (χ3v) is 3.47. The zero-order valence-electron chi connectivity index (χ0n) is 11.7. The fourth-order valence-corrected chi connectivity index (χ4v) is 2.28. The number of halogens is 1. The number of anilines is 1. The lowest BCUT2D eigenvalue weighted by molar-refractivity contribution is -0.119. The molecule has 0 saturated carbocycles. The molecule has 1 heterocycles. The van der Waals surface area contributed by atoms with Crippen molar-refractivity contribution in [2.24, 2.45) is 0 Å². The van der Waals surface area contributed by atoms with Crippen molar-refractivity contribution in [3.8, 4) is 0 Å². The maximum atomic E-state index is 12.0. The molecule has 2 rings (SSSR count). The second-order valence-corrected chi connectivity index (χ2v) is 5.13. The molecule has 1 aromatic rings. The van der Waals surface area contributed by atoms with Gasteiger partial charge in [0.15, 0.2) is 0 Å². The van der Waals surface area contributed by atoms with Gasteiger partial charge in [-0.1, -0.05) is 11.6 Å². The lowest BCUT2D eigenvalue weighted by atomic mass is 10.1. The Labute approximate surface area is 128 Å². The van der Waals surface area contributed by atoms with E-state index in [1.807, 2.05) is 0 Å². The molecule has 0 aliphatic carbocycles. The van der Waals surface area contributed by atoms with Crippen molar-refractivity contribution >= 4 is 29.1 Å². The van der Waals surface area contributed by atoms with Crippen molar-refractivity contribution in [2.75, 3.05) is 32.1 Å². The summed E-state index contributed by atoms with van der Waals surface area (Å²) in [7, 11) is 1.53. The fourth-order valence-electron chi connectivity index (χ4n) is 2.08. The van der Waals surface area contributed by atoms with E-state index in [-0.39, 0.29) is 24.3 Å². The molecule has 2 amide bonds. The highest BCUT2D eigenvalue weighted by Gasteiger charge is 2.18. The molecule has 114 valence electrons. The SMILES string of the molecule is CNC(=O)c1cc(NC(=O)CC2CNCCO2)ccc1Cl. The molecule has 21 heavy (non-hydrogen) atoms. The van der Waals surface area contributed by atoms with Crippen LogP contribution in [0.2, 0.25) is 5.02 Å². The summed E-state index contributed by atoms with van der Waals surface area (Å²) in [5, 5.41) is 8.76. The number of morpholine rings is 1. The lowest BCUT2D eigenvalue weighted by Gasteiger charge is -2.23. The maximum absolute atomic E-state index is 12.0. The summed E-state index contributed by atoms with van der Waals surface area (Å²) < 4.78 is 5.48. The van der Waals surface area contributed by atoms with Crippen molar-refractivity contribution in [1.82, 2.24) is 10.6 Å². The standard InChI is InChI=1S/C14H18ClN3O3/c1-16-14(20)11-6-9(2-3-12(11)15)18-13(19)7-10-8-17-4-5-21-10/h2-3,6,10,17H,4-5,7-8H2,1H3,(H,16,20)(H,18,19). The summed E-state index contributed by atoms with van der Waals surface area (Å²) in [5.74, 6) is -0.454. The van der Waals surface area contributed by atoms with Gasteiger partial charge in [0.25, 0.3) is 5.91 Å². The van der Waals surface area contributed by atoms with Gasteiger partial charge >= 0.3 is 0 Å². The third kappa shape index (κ3) is 4.42. The average molecular weight is 312 g/mol. The van der Waals surface area contributed by atoms with Crippen LogP contribution in [0, 0.1) is 0 Å². The van der Waals surface area contributed by atoms with Crippen LogP contribution < -0.4 is 16.0 Å². The van der Waals surface area contributed by atoms with E-state index in [1.165, 1.54) is 7.05 Å². The topological polar surface area (TPSA) is 79.5 Å². The van der Waals surface area contributed by atoms with E-state index in [4.69, 9.17) is 16.3 Å². The normalized spacial score (nSPS) is 18.1. The zero-order chi connectivity index (χ0) is 15.2. The van der Waals surface area contributed by atoms with E-state index in [1.54, 1.807) is 18.2 Å². The number of hydrogen-bond acceptors (Lipinski definition) is 4. The molecule has 1 aliphatic heterocycles. The molecule has 1 aromatic carbocycles. The van der Waals surface area contributed by atoms with Gasteiger partial charge in [-0.2, -0.15) is 0 Å². The van der Waals surface area contributed by atoms with E-state index in [0.717, 1.165) is 6.54 Å². The Kier molecular flexibility index (Phi) is 5.55. The Morgan fingerprint density at radius 2 is 2.29 bits per heavy atom. The molecular formula is C14H18ClN3O3. The molecule has 6 nitrogen and oxygen atoms in total. The number of carbonyl (C=O) groups is 2. The molecule has 0 spiro atoms. The molecule has 0 bridgehead atoms. The minimum absolute atomic E-state index is 0.121. The molecule has 1 saturated heterocycles. The van der Waals surface area contributed by atoms with Crippen molar-refractivity contribution < 1.29 is 14.3 Å². The van der Waals surface area contributed by atoms with Crippen molar-refractivity contribution in [3.63, 3.8) is 0 Å². The Morgan fingerprint density at radius 1 is 1.48 bits per heavy atom. The van der Waals surface area contributed by atoms with Crippen LogP contribution in [-0.2, 0) is 9.53 Å². The van der Waals surface area contributed by atoms with E-state index in [2.05, 4.69) is 16.0 Å². The second-order valence-electron chi connectivity index (χ2n) is 4.72. The minimum atomic E-state index is -0.295. The Hall–Kier alpha value is -1.63.